The molecule has 0 spiro atoms. The lowest BCUT2D eigenvalue weighted by Crippen LogP contribution is -2.41. The summed E-state index contributed by atoms with van der Waals surface area (Å²) in [6.07, 6.45) is -0.824. The molecule has 0 aromatic carbocycles. The molecular weight excluding hydrogens is 176 g/mol. The molecule has 0 aromatic rings. The quantitative estimate of drug-likeness (QED) is 0.580. The molecular formula is C8H14O5. The van der Waals surface area contributed by atoms with Gasteiger partial charge in [-0.25, -0.2) is 4.79 Å². The van der Waals surface area contributed by atoms with Crippen LogP contribution in [0.4, 0.5) is 0 Å². The first-order valence-electron chi connectivity index (χ1n) is 3.95. The number of rotatable bonds is 5. The van der Waals surface area contributed by atoms with Gasteiger partial charge in [-0.05, 0) is 12.3 Å². The summed E-state index contributed by atoms with van der Waals surface area (Å²) >= 11 is 0. The number of aliphatic carboxylic acids is 2. The largest absolute Gasteiger partial charge is 0.481 e. The van der Waals surface area contributed by atoms with Crippen LogP contribution in [0.2, 0.25) is 0 Å². The average Bonchev–Trinajstić information content (AvgIpc) is 1.82. The Labute approximate surface area is 76.0 Å². The Balaban J connectivity index is 4.52. The van der Waals surface area contributed by atoms with E-state index in [1.165, 1.54) is 0 Å². The molecule has 1 atom stereocenters. The highest BCUT2D eigenvalue weighted by Gasteiger charge is 2.38. The lowest BCUT2D eigenvalue weighted by Gasteiger charge is -2.23. The zero-order valence-corrected chi connectivity index (χ0v) is 7.65. The van der Waals surface area contributed by atoms with Crippen molar-refractivity contribution in [2.45, 2.75) is 32.3 Å². The normalized spacial score (nSPS) is 15.4. The van der Waals surface area contributed by atoms with E-state index >= 15 is 0 Å². The summed E-state index contributed by atoms with van der Waals surface area (Å²) < 4.78 is 0. The summed E-state index contributed by atoms with van der Waals surface area (Å²) in [5.41, 5.74) is -2.14. The second-order valence-corrected chi connectivity index (χ2v) is 3.51. The maximum absolute atomic E-state index is 10.6. The minimum atomic E-state index is -2.14. The monoisotopic (exact) mass is 190 g/mol. The third-order valence-electron chi connectivity index (χ3n) is 1.59. The molecule has 0 aliphatic carbocycles. The van der Waals surface area contributed by atoms with Gasteiger partial charge in [0.2, 0.25) is 0 Å². The molecule has 0 aromatic heterocycles. The van der Waals surface area contributed by atoms with Crippen LogP contribution in [0.1, 0.15) is 26.7 Å². The summed E-state index contributed by atoms with van der Waals surface area (Å²) in [4.78, 5) is 20.9. The van der Waals surface area contributed by atoms with Gasteiger partial charge in [0, 0.05) is 0 Å². The maximum atomic E-state index is 10.6. The molecule has 0 bridgehead atoms. The van der Waals surface area contributed by atoms with Gasteiger partial charge in [0.1, 0.15) is 0 Å². The Bertz CT molecular complexity index is 211. The van der Waals surface area contributed by atoms with E-state index in [4.69, 9.17) is 10.2 Å². The number of carboxylic acids is 2. The maximum Gasteiger partial charge on any atom is 0.336 e. The van der Waals surface area contributed by atoms with E-state index in [2.05, 4.69) is 0 Å². The van der Waals surface area contributed by atoms with Crippen LogP contribution < -0.4 is 0 Å². The fourth-order valence-electron chi connectivity index (χ4n) is 1.16. The second-order valence-electron chi connectivity index (χ2n) is 3.51. The minimum absolute atomic E-state index is 0.0609. The van der Waals surface area contributed by atoms with E-state index in [1.54, 1.807) is 13.8 Å². The van der Waals surface area contributed by atoms with Crippen molar-refractivity contribution in [1.29, 1.82) is 0 Å². The molecule has 0 amide bonds. The van der Waals surface area contributed by atoms with Crippen molar-refractivity contribution in [2.24, 2.45) is 5.92 Å². The Kier molecular flexibility index (Phi) is 3.87. The zero-order chi connectivity index (χ0) is 10.6. The molecule has 0 radical (unpaired) electrons. The van der Waals surface area contributed by atoms with E-state index in [0.29, 0.717) is 0 Å². The van der Waals surface area contributed by atoms with Crippen LogP contribution >= 0.6 is 0 Å². The Hall–Kier alpha value is -1.10. The molecule has 5 nitrogen and oxygen atoms in total. The lowest BCUT2D eigenvalue weighted by atomic mass is 9.89. The minimum Gasteiger partial charge on any atom is -0.481 e. The number of hydrogen-bond acceptors (Lipinski definition) is 3. The molecule has 0 aliphatic heterocycles. The molecule has 0 saturated heterocycles. The summed E-state index contributed by atoms with van der Waals surface area (Å²) in [6, 6.07) is 0. The van der Waals surface area contributed by atoms with Crippen LogP contribution in [0.25, 0.3) is 0 Å². The second kappa shape index (κ2) is 4.23. The van der Waals surface area contributed by atoms with E-state index < -0.39 is 24.0 Å². The van der Waals surface area contributed by atoms with Gasteiger partial charge in [-0.3, -0.25) is 4.79 Å². The van der Waals surface area contributed by atoms with Crippen LogP contribution in [0.3, 0.4) is 0 Å². The van der Waals surface area contributed by atoms with Gasteiger partial charge in [-0.15, -0.1) is 0 Å². The lowest BCUT2D eigenvalue weighted by molar-refractivity contribution is -0.167. The Morgan fingerprint density at radius 2 is 1.77 bits per heavy atom. The predicted molar refractivity (Wildman–Crippen MR) is 44.3 cm³/mol. The fourth-order valence-corrected chi connectivity index (χ4v) is 1.16. The SMILES string of the molecule is CC(C)C[C@@](O)(CC(=O)O)C(=O)O. The van der Waals surface area contributed by atoms with Crippen molar-refractivity contribution in [3.05, 3.63) is 0 Å². The first-order chi connectivity index (χ1) is 5.78. The third kappa shape index (κ3) is 3.89. The van der Waals surface area contributed by atoms with E-state index in [9.17, 15) is 14.7 Å². The van der Waals surface area contributed by atoms with Crippen molar-refractivity contribution in [2.75, 3.05) is 0 Å². The summed E-state index contributed by atoms with van der Waals surface area (Å²) in [6.45, 7) is 3.44. The van der Waals surface area contributed by atoms with E-state index in [0.717, 1.165) is 0 Å². The average molecular weight is 190 g/mol. The smallest absolute Gasteiger partial charge is 0.336 e. The van der Waals surface area contributed by atoms with Crippen LogP contribution in [0.15, 0.2) is 0 Å². The summed E-state index contributed by atoms with van der Waals surface area (Å²) in [5.74, 6) is -2.87. The van der Waals surface area contributed by atoms with Crippen molar-refractivity contribution < 1.29 is 24.9 Å². The molecule has 3 N–H and O–H groups in total. The van der Waals surface area contributed by atoms with E-state index in [-0.39, 0.29) is 12.3 Å². The van der Waals surface area contributed by atoms with Crippen LogP contribution in [-0.4, -0.2) is 32.9 Å². The molecule has 0 heterocycles. The van der Waals surface area contributed by atoms with Crippen molar-refractivity contribution in [3.63, 3.8) is 0 Å². The molecule has 5 heteroatoms. The zero-order valence-electron chi connectivity index (χ0n) is 7.65. The summed E-state index contributed by atoms with van der Waals surface area (Å²) in [5, 5.41) is 26.5. The molecule has 0 unspecified atom stereocenters. The third-order valence-corrected chi connectivity index (χ3v) is 1.59. The number of hydrogen-bond donors (Lipinski definition) is 3. The van der Waals surface area contributed by atoms with Crippen LogP contribution in [0, 0.1) is 5.92 Å². The van der Waals surface area contributed by atoms with Crippen molar-refractivity contribution in [3.8, 4) is 0 Å². The van der Waals surface area contributed by atoms with Gasteiger partial charge in [0.15, 0.2) is 5.60 Å². The topological polar surface area (TPSA) is 94.8 Å². The predicted octanol–water partition coefficient (Wildman–Crippen LogP) is 0.323. The highest BCUT2D eigenvalue weighted by Crippen LogP contribution is 2.21. The molecule has 13 heavy (non-hydrogen) atoms. The van der Waals surface area contributed by atoms with Gasteiger partial charge < -0.3 is 15.3 Å². The van der Waals surface area contributed by atoms with Crippen LogP contribution in [0.5, 0.6) is 0 Å². The molecule has 76 valence electrons. The molecule has 0 fully saturated rings. The first kappa shape index (κ1) is 11.9. The standard InChI is InChI=1S/C8H14O5/c1-5(2)3-8(13,7(11)12)4-6(9)10/h5,13H,3-4H2,1-2H3,(H,9,10)(H,11,12)/t8-/m1/s1. The number of aliphatic hydroxyl groups is 1. The van der Waals surface area contributed by atoms with Crippen molar-refractivity contribution in [1.82, 2.24) is 0 Å². The highest BCUT2D eigenvalue weighted by atomic mass is 16.4. The van der Waals surface area contributed by atoms with Crippen LogP contribution in [-0.2, 0) is 9.59 Å². The van der Waals surface area contributed by atoms with Crippen molar-refractivity contribution >= 4 is 11.9 Å². The Morgan fingerprint density at radius 1 is 1.31 bits per heavy atom. The molecule has 0 saturated carbocycles. The summed E-state index contributed by atoms with van der Waals surface area (Å²) in [7, 11) is 0. The van der Waals surface area contributed by atoms with Gasteiger partial charge in [0.05, 0.1) is 6.42 Å². The highest BCUT2D eigenvalue weighted by molar-refractivity contribution is 5.83. The van der Waals surface area contributed by atoms with Gasteiger partial charge in [0.25, 0.3) is 0 Å². The fraction of sp³-hybridized carbons (Fsp3) is 0.750. The first-order valence-corrected chi connectivity index (χ1v) is 3.95. The Morgan fingerprint density at radius 3 is 2.00 bits per heavy atom. The van der Waals surface area contributed by atoms with Gasteiger partial charge in [-0.1, -0.05) is 13.8 Å². The van der Waals surface area contributed by atoms with Gasteiger partial charge >= 0.3 is 11.9 Å². The van der Waals surface area contributed by atoms with Gasteiger partial charge in [-0.2, -0.15) is 0 Å². The van der Waals surface area contributed by atoms with E-state index in [1.807, 2.05) is 0 Å². The number of carbonyl (C=O) groups is 2. The molecule has 0 aliphatic rings. The molecule has 0 rings (SSSR count). The number of carboxylic acid groups (broad SMARTS) is 2.